The maximum absolute atomic E-state index is 12.2. The summed E-state index contributed by atoms with van der Waals surface area (Å²) < 4.78 is 10.7. The summed E-state index contributed by atoms with van der Waals surface area (Å²) in [5, 5.41) is 9.61. The van der Waals surface area contributed by atoms with Crippen LogP contribution >= 0.6 is 0 Å². The Balaban J connectivity index is 3.48. The van der Waals surface area contributed by atoms with Gasteiger partial charge in [-0.2, -0.15) is 0 Å². The van der Waals surface area contributed by atoms with Crippen molar-refractivity contribution in [2.75, 3.05) is 13.2 Å². The summed E-state index contributed by atoms with van der Waals surface area (Å²) in [7, 11) is 0. The second kappa shape index (κ2) is 46.8. The van der Waals surface area contributed by atoms with Crippen LogP contribution in [0.15, 0.2) is 24.3 Å². The quantitative estimate of drug-likeness (QED) is 0.0379. The van der Waals surface area contributed by atoms with E-state index in [1.54, 1.807) is 0 Å². The first-order valence-corrected chi connectivity index (χ1v) is 24.4. The van der Waals surface area contributed by atoms with Crippen molar-refractivity contribution in [3.05, 3.63) is 24.3 Å². The van der Waals surface area contributed by atoms with Crippen LogP contribution < -0.4 is 0 Å². The predicted octanol–water partition coefficient (Wildman–Crippen LogP) is 15.8. The molecule has 5 nitrogen and oxygen atoms in total. The molecule has 0 aromatic heterocycles. The Morgan fingerprint density at radius 2 is 0.673 bits per heavy atom. The highest BCUT2D eigenvalue weighted by molar-refractivity contribution is 5.70. The van der Waals surface area contributed by atoms with Crippen LogP contribution in [-0.2, 0) is 19.1 Å². The van der Waals surface area contributed by atoms with Gasteiger partial charge in [0, 0.05) is 12.8 Å². The van der Waals surface area contributed by atoms with Crippen molar-refractivity contribution in [2.45, 2.75) is 270 Å². The number of aliphatic hydroxyl groups excluding tert-OH is 1. The lowest BCUT2D eigenvalue weighted by molar-refractivity contribution is -0.161. The summed E-state index contributed by atoms with van der Waals surface area (Å²) in [6, 6.07) is 0. The zero-order valence-electron chi connectivity index (χ0n) is 37.0. The molecule has 0 aromatic carbocycles. The third kappa shape index (κ3) is 45.0. The van der Waals surface area contributed by atoms with Gasteiger partial charge in [0.05, 0.1) is 6.61 Å². The Kier molecular flexibility index (Phi) is 45.4. The van der Waals surface area contributed by atoms with E-state index < -0.39 is 6.10 Å². The maximum atomic E-state index is 12.2. The standard InChI is InChI=1S/C50H94O5/c1-3-5-7-9-11-13-15-17-19-21-23-24-25-26-27-29-31-33-35-37-39-41-43-45-50(53)55-48(46-51)47-54-49(52)44-42-40-38-36-34-32-30-28-22-20-18-16-14-12-10-8-6-4-2/h20-23,48,51H,3-19,24-47H2,1-2H3/b22-20-,23-21-. The number of ether oxygens (including phenoxy) is 2. The third-order valence-electron chi connectivity index (χ3n) is 11.0. The monoisotopic (exact) mass is 775 g/mol. The topological polar surface area (TPSA) is 72.8 Å². The van der Waals surface area contributed by atoms with Crippen molar-refractivity contribution in [3.63, 3.8) is 0 Å². The van der Waals surface area contributed by atoms with E-state index in [2.05, 4.69) is 38.2 Å². The summed E-state index contributed by atoms with van der Waals surface area (Å²) in [4.78, 5) is 24.4. The fourth-order valence-electron chi connectivity index (χ4n) is 7.25. The van der Waals surface area contributed by atoms with Gasteiger partial charge in [-0.1, -0.05) is 212 Å². The van der Waals surface area contributed by atoms with Crippen molar-refractivity contribution in [1.29, 1.82) is 0 Å². The minimum Gasteiger partial charge on any atom is -0.462 e. The van der Waals surface area contributed by atoms with Crippen LogP contribution in [0.5, 0.6) is 0 Å². The first-order valence-electron chi connectivity index (χ1n) is 24.4. The van der Waals surface area contributed by atoms with E-state index in [-0.39, 0.29) is 25.2 Å². The molecule has 0 rings (SSSR count). The zero-order chi connectivity index (χ0) is 40.0. The van der Waals surface area contributed by atoms with Crippen LogP contribution in [0.2, 0.25) is 0 Å². The third-order valence-corrected chi connectivity index (χ3v) is 11.0. The number of hydrogen-bond acceptors (Lipinski definition) is 5. The van der Waals surface area contributed by atoms with Gasteiger partial charge in [0.2, 0.25) is 0 Å². The summed E-state index contributed by atoms with van der Waals surface area (Å²) in [6.07, 6.45) is 56.9. The summed E-state index contributed by atoms with van der Waals surface area (Å²) in [5.74, 6) is -0.585. The number of carbonyl (C=O) groups is 2. The van der Waals surface area contributed by atoms with E-state index in [1.807, 2.05) is 0 Å². The van der Waals surface area contributed by atoms with Crippen LogP contribution in [0.25, 0.3) is 0 Å². The zero-order valence-corrected chi connectivity index (χ0v) is 37.0. The average molecular weight is 775 g/mol. The molecule has 1 atom stereocenters. The van der Waals surface area contributed by atoms with Gasteiger partial charge >= 0.3 is 11.9 Å². The average Bonchev–Trinajstić information content (AvgIpc) is 3.19. The summed E-state index contributed by atoms with van der Waals surface area (Å²) in [5.41, 5.74) is 0. The molecule has 1 unspecified atom stereocenters. The minimum absolute atomic E-state index is 0.0645. The van der Waals surface area contributed by atoms with E-state index in [9.17, 15) is 14.7 Å². The summed E-state index contributed by atoms with van der Waals surface area (Å²) >= 11 is 0. The molecule has 0 saturated heterocycles. The highest BCUT2D eigenvalue weighted by Crippen LogP contribution is 2.15. The normalized spacial score (nSPS) is 12.3. The van der Waals surface area contributed by atoms with Gasteiger partial charge < -0.3 is 14.6 Å². The smallest absolute Gasteiger partial charge is 0.306 e. The van der Waals surface area contributed by atoms with Gasteiger partial charge in [0.1, 0.15) is 6.61 Å². The number of hydrogen-bond donors (Lipinski definition) is 1. The van der Waals surface area contributed by atoms with E-state index in [0.717, 1.165) is 38.5 Å². The molecule has 0 bridgehead atoms. The van der Waals surface area contributed by atoms with Gasteiger partial charge in [-0.25, -0.2) is 0 Å². The van der Waals surface area contributed by atoms with E-state index in [1.165, 1.54) is 199 Å². The van der Waals surface area contributed by atoms with Crippen molar-refractivity contribution >= 4 is 11.9 Å². The Labute approximate surface area is 343 Å². The van der Waals surface area contributed by atoms with Crippen LogP contribution in [0.3, 0.4) is 0 Å². The lowest BCUT2D eigenvalue weighted by Gasteiger charge is -2.15. The van der Waals surface area contributed by atoms with Crippen molar-refractivity contribution in [2.24, 2.45) is 0 Å². The first-order chi connectivity index (χ1) is 27.1. The van der Waals surface area contributed by atoms with Crippen LogP contribution in [-0.4, -0.2) is 36.4 Å². The number of unbranched alkanes of at least 4 members (excludes halogenated alkanes) is 33. The molecule has 0 aliphatic carbocycles. The number of aliphatic hydroxyl groups is 1. The van der Waals surface area contributed by atoms with Crippen molar-refractivity contribution in [3.8, 4) is 0 Å². The molecule has 5 heteroatoms. The molecule has 0 aliphatic heterocycles. The molecular formula is C50H94O5. The van der Waals surface area contributed by atoms with Gasteiger partial charge in [0.15, 0.2) is 6.10 Å². The van der Waals surface area contributed by atoms with Gasteiger partial charge in [-0.05, 0) is 64.2 Å². The minimum atomic E-state index is -0.771. The maximum Gasteiger partial charge on any atom is 0.306 e. The fourth-order valence-corrected chi connectivity index (χ4v) is 7.25. The number of esters is 2. The molecule has 1 N–H and O–H groups in total. The van der Waals surface area contributed by atoms with Crippen molar-refractivity contribution in [1.82, 2.24) is 0 Å². The summed E-state index contributed by atoms with van der Waals surface area (Å²) in [6.45, 7) is 4.16. The highest BCUT2D eigenvalue weighted by atomic mass is 16.6. The van der Waals surface area contributed by atoms with E-state index >= 15 is 0 Å². The molecule has 324 valence electrons. The fraction of sp³-hybridized carbons (Fsp3) is 0.880. The Hall–Kier alpha value is -1.62. The van der Waals surface area contributed by atoms with Gasteiger partial charge in [0.25, 0.3) is 0 Å². The van der Waals surface area contributed by atoms with Gasteiger partial charge in [-0.3, -0.25) is 9.59 Å². The van der Waals surface area contributed by atoms with E-state index in [0.29, 0.717) is 12.8 Å². The molecule has 0 amide bonds. The van der Waals surface area contributed by atoms with Crippen LogP contribution in [0.4, 0.5) is 0 Å². The van der Waals surface area contributed by atoms with Crippen LogP contribution in [0, 0.1) is 0 Å². The first kappa shape index (κ1) is 53.4. The molecule has 0 fully saturated rings. The lowest BCUT2D eigenvalue weighted by atomic mass is 10.0. The molecule has 0 saturated carbocycles. The Morgan fingerprint density at radius 1 is 0.400 bits per heavy atom. The molecule has 0 aromatic rings. The predicted molar refractivity (Wildman–Crippen MR) is 238 cm³/mol. The Morgan fingerprint density at radius 3 is 0.982 bits per heavy atom. The molecule has 0 heterocycles. The SMILES string of the molecule is CCCCCCCCC/C=C\CCCCCCCCCC(=O)OCC(CO)OC(=O)CCCCCCCCCCCCC/C=C\CCCCCCCCCC. The molecule has 0 spiro atoms. The second-order valence-electron chi connectivity index (χ2n) is 16.5. The van der Waals surface area contributed by atoms with Crippen molar-refractivity contribution < 1.29 is 24.2 Å². The lowest BCUT2D eigenvalue weighted by Crippen LogP contribution is -2.28. The number of carbonyl (C=O) groups excluding carboxylic acids is 2. The highest BCUT2D eigenvalue weighted by Gasteiger charge is 2.16. The number of rotatable bonds is 45. The molecule has 0 radical (unpaired) electrons. The number of allylic oxidation sites excluding steroid dienone is 4. The molecule has 0 aliphatic rings. The van der Waals surface area contributed by atoms with Gasteiger partial charge in [-0.15, -0.1) is 0 Å². The largest absolute Gasteiger partial charge is 0.462 e. The molecular weight excluding hydrogens is 681 g/mol. The second-order valence-corrected chi connectivity index (χ2v) is 16.5. The Bertz CT molecular complexity index is 836. The van der Waals surface area contributed by atoms with E-state index in [4.69, 9.17) is 9.47 Å². The molecule has 55 heavy (non-hydrogen) atoms. The van der Waals surface area contributed by atoms with Crippen LogP contribution in [0.1, 0.15) is 264 Å².